The Balaban J connectivity index is 1.75. The molecule has 0 bridgehead atoms. The third-order valence-corrected chi connectivity index (χ3v) is 9.05. The first-order valence-corrected chi connectivity index (χ1v) is 16.1. The van der Waals surface area contributed by atoms with Crippen molar-refractivity contribution in [3.63, 3.8) is 0 Å². The quantitative estimate of drug-likeness (QED) is 0.240. The Kier molecular flexibility index (Phi) is 10.8. The van der Waals surface area contributed by atoms with Gasteiger partial charge in [0.05, 0.1) is 41.7 Å². The Bertz CT molecular complexity index is 1730. The summed E-state index contributed by atoms with van der Waals surface area (Å²) in [6.45, 7) is 3.44. The fourth-order valence-electron chi connectivity index (χ4n) is 4.73. The lowest BCUT2D eigenvalue weighted by Crippen LogP contribution is -2.23. The third-order valence-electron chi connectivity index (χ3n) is 7.30. The van der Waals surface area contributed by atoms with Crippen LogP contribution in [0.3, 0.4) is 0 Å². The number of esters is 1. The molecule has 0 spiro atoms. The smallest absolute Gasteiger partial charge is 0.411 e. The number of pyridine rings is 1. The zero-order valence-electron chi connectivity index (χ0n) is 25.6. The highest BCUT2D eigenvalue weighted by Crippen LogP contribution is 2.41. The lowest BCUT2D eigenvalue weighted by atomic mass is 9.99. The molecule has 1 fully saturated rings. The van der Waals surface area contributed by atoms with Crippen LogP contribution < -0.4 is 10.1 Å². The van der Waals surface area contributed by atoms with E-state index in [1.54, 1.807) is 62.3 Å². The number of nitrogens with zero attached hydrogens (tertiary/aromatic N) is 2. The van der Waals surface area contributed by atoms with Crippen molar-refractivity contribution >= 4 is 33.5 Å². The summed E-state index contributed by atoms with van der Waals surface area (Å²) in [7, 11) is -0.342. The molecule has 1 aliphatic heterocycles. The van der Waals surface area contributed by atoms with Crippen LogP contribution in [0.5, 0.6) is 11.5 Å². The van der Waals surface area contributed by atoms with E-state index in [0.717, 1.165) is 5.56 Å². The molecule has 45 heavy (non-hydrogen) atoms. The molecule has 1 atom stereocenters. The molecule has 236 valence electrons. The van der Waals surface area contributed by atoms with E-state index in [2.05, 4.69) is 26.9 Å². The molecule has 4 rings (SSSR count). The second kappa shape index (κ2) is 14.7. The van der Waals surface area contributed by atoms with Crippen LogP contribution >= 0.6 is 0 Å². The lowest BCUT2D eigenvalue weighted by molar-refractivity contribution is -0.140. The Hall–Kier alpha value is -4.89. The molecule has 0 radical (unpaired) electrons. The maximum absolute atomic E-state index is 12.5. The van der Waals surface area contributed by atoms with Gasteiger partial charge in [-0.25, -0.2) is 18.2 Å². The molecule has 1 unspecified atom stereocenters. The monoisotopic (exact) mass is 633 g/mol. The van der Waals surface area contributed by atoms with Gasteiger partial charge in [-0.3, -0.25) is 14.9 Å². The number of hydrogen-bond donors (Lipinski definition) is 1. The Morgan fingerprint density at radius 1 is 1.09 bits per heavy atom. The van der Waals surface area contributed by atoms with E-state index >= 15 is 0 Å². The predicted molar refractivity (Wildman–Crippen MR) is 167 cm³/mol. The summed E-state index contributed by atoms with van der Waals surface area (Å²) in [6.07, 6.45) is 2.57. The number of ether oxygens (including phenoxy) is 3. The molecule has 1 aromatic heterocycles. The molecular formula is C33H35N3O8S. The molecule has 11 nitrogen and oxygen atoms in total. The van der Waals surface area contributed by atoms with Crippen molar-refractivity contribution in [2.75, 3.05) is 31.8 Å². The van der Waals surface area contributed by atoms with Crippen LogP contribution in [0, 0.1) is 11.8 Å². The summed E-state index contributed by atoms with van der Waals surface area (Å²) < 4.78 is 40.7. The van der Waals surface area contributed by atoms with Gasteiger partial charge in [0.15, 0.2) is 9.84 Å². The topological polar surface area (TPSA) is 141 Å². The van der Waals surface area contributed by atoms with Gasteiger partial charge in [-0.05, 0) is 73.7 Å². The Morgan fingerprint density at radius 2 is 1.84 bits per heavy atom. The number of anilines is 1. The Labute approximate surface area is 262 Å². The second-order valence-electron chi connectivity index (χ2n) is 10.2. The van der Waals surface area contributed by atoms with Gasteiger partial charge < -0.3 is 19.1 Å². The molecule has 2 aromatic carbocycles. The highest BCUT2D eigenvalue weighted by atomic mass is 32.2. The summed E-state index contributed by atoms with van der Waals surface area (Å²) in [5, 5.41) is 2.75. The van der Waals surface area contributed by atoms with Crippen LogP contribution in [0.1, 0.15) is 61.5 Å². The standard InChI is InChI=1S/C33H35N3O8S/c1-5-43-33(39)35-28-20-27(29-16-17-31(37)36(29)3)30(44-25-12-14-26(15-13-25)45(40,41)6-2)19-23(28)9-11-24-10-7-22(21-34-24)8-18-32(38)42-4/h7,10,12-15,19-21,29H,5-6,8,16-18H2,1-4H3,(H,35,39). The summed E-state index contributed by atoms with van der Waals surface area (Å²) in [4.78, 5) is 42.6. The van der Waals surface area contributed by atoms with Crippen LogP contribution in [-0.4, -0.2) is 62.8 Å². The minimum atomic E-state index is -3.39. The third kappa shape index (κ3) is 8.39. The largest absolute Gasteiger partial charge is 0.469 e. The summed E-state index contributed by atoms with van der Waals surface area (Å²) in [5.41, 5.74) is 2.70. The molecular weight excluding hydrogens is 598 g/mol. The van der Waals surface area contributed by atoms with Crippen molar-refractivity contribution in [3.05, 3.63) is 77.1 Å². The fourth-order valence-corrected chi connectivity index (χ4v) is 5.62. The number of sulfone groups is 1. The molecule has 3 aromatic rings. The van der Waals surface area contributed by atoms with Crippen molar-refractivity contribution in [2.45, 2.75) is 50.5 Å². The fraction of sp³-hybridized carbons (Fsp3) is 0.333. The van der Waals surface area contributed by atoms with E-state index in [4.69, 9.17) is 9.47 Å². The normalized spacial score (nSPS) is 14.4. The molecule has 2 amide bonds. The zero-order chi connectivity index (χ0) is 32.6. The number of aromatic nitrogens is 1. The minimum absolute atomic E-state index is 0.0232. The molecule has 1 aliphatic rings. The highest BCUT2D eigenvalue weighted by Gasteiger charge is 2.32. The van der Waals surface area contributed by atoms with E-state index in [9.17, 15) is 22.8 Å². The Morgan fingerprint density at radius 3 is 2.44 bits per heavy atom. The number of hydrogen-bond acceptors (Lipinski definition) is 9. The van der Waals surface area contributed by atoms with Crippen LogP contribution in [0.25, 0.3) is 0 Å². The molecule has 1 saturated heterocycles. The van der Waals surface area contributed by atoms with Gasteiger partial charge in [0.25, 0.3) is 0 Å². The van der Waals surface area contributed by atoms with Gasteiger partial charge in [0.1, 0.15) is 17.2 Å². The van der Waals surface area contributed by atoms with Gasteiger partial charge in [-0.15, -0.1) is 0 Å². The number of rotatable bonds is 10. The van der Waals surface area contributed by atoms with E-state index in [-0.39, 0.29) is 41.6 Å². The summed E-state index contributed by atoms with van der Waals surface area (Å²) in [6, 6.07) is 12.7. The number of benzene rings is 2. The SMILES string of the molecule is CCOC(=O)Nc1cc(C2CCC(=O)N2C)c(Oc2ccc(S(=O)(=O)CC)cc2)cc1C#Cc1ccc(CCC(=O)OC)cn1. The van der Waals surface area contributed by atoms with Crippen molar-refractivity contribution in [2.24, 2.45) is 0 Å². The molecule has 1 N–H and O–H groups in total. The molecule has 0 aliphatic carbocycles. The lowest BCUT2D eigenvalue weighted by Gasteiger charge is -2.24. The van der Waals surface area contributed by atoms with Crippen molar-refractivity contribution < 1.29 is 37.0 Å². The number of amides is 2. The van der Waals surface area contributed by atoms with Crippen LogP contribution in [0.2, 0.25) is 0 Å². The van der Waals surface area contributed by atoms with Gasteiger partial charge >= 0.3 is 12.1 Å². The number of nitrogens with one attached hydrogen (secondary N) is 1. The number of carbonyl (C=O) groups is 3. The highest BCUT2D eigenvalue weighted by molar-refractivity contribution is 7.91. The van der Waals surface area contributed by atoms with E-state index < -0.39 is 15.9 Å². The predicted octanol–water partition coefficient (Wildman–Crippen LogP) is 5.03. The van der Waals surface area contributed by atoms with Crippen molar-refractivity contribution in [1.82, 2.24) is 9.88 Å². The van der Waals surface area contributed by atoms with Gasteiger partial charge in [-0.1, -0.05) is 18.9 Å². The maximum atomic E-state index is 12.5. The average Bonchev–Trinajstić information content (AvgIpc) is 3.37. The van der Waals surface area contributed by atoms with Crippen molar-refractivity contribution in [1.29, 1.82) is 0 Å². The first-order chi connectivity index (χ1) is 21.5. The number of aryl methyl sites for hydroxylation is 1. The molecule has 2 heterocycles. The van der Waals surface area contributed by atoms with Crippen LogP contribution in [-0.2, 0) is 35.3 Å². The number of methoxy groups -OCH3 is 1. The van der Waals surface area contributed by atoms with Gasteiger partial charge in [0, 0.05) is 31.6 Å². The van der Waals surface area contributed by atoms with E-state index in [1.807, 2.05) is 6.07 Å². The summed E-state index contributed by atoms with van der Waals surface area (Å²) in [5.74, 6) is 6.48. The second-order valence-corrected chi connectivity index (χ2v) is 12.5. The number of likely N-dealkylation sites (tertiary alicyclic amines) is 1. The van der Waals surface area contributed by atoms with Gasteiger partial charge in [-0.2, -0.15) is 0 Å². The van der Waals surface area contributed by atoms with E-state index in [0.29, 0.717) is 53.3 Å². The molecule has 12 heteroatoms. The van der Waals surface area contributed by atoms with Crippen molar-refractivity contribution in [3.8, 4) is 23.3 Å². The minimum Gasteiger partial charge on any atom is -0.469 e. The number of carbonyl (C=O) groups excluding carboxylic acids is 3. The summed E-state index contributed by atoms with van der Waals surface area (Å²) >= 11 is 0. The first-order valence-electron chi connectivity index (χ1n) is 14.5. The zero-order valence-corrected chi connectivity index (χ0v) is 26.4. The first kappa shape index (κ1) is 33.0. The average molecular weight is 634 g/mol. The van der Waals surface area contributed by atoms with Crippen LogP contribution in [0.4, 0.5) is 10.5 Å². The molecule has 0 saturated carbocycles. The van der Waals surface area contributed by atoms with Gasteiger partial charge in [0.2, 0.25) is 5.91 Å². The maximum Gasteiger partial charge on any atom is 0.411 e. The van der Waals surface area contributed by atoms with E-state index in [1.165, 1.54) is 19.2 Å². The van der Waals surface area contributed by atoms with Crippen LogP contribution in [0.15, 0.2) is 59.6 Å².